The second-order valence-electron chi connectivity index (χ2n) is 6.70. The molecule has 0 radical (unpaired) electrons. The predicted molar refractivity (Wildman–Crippen MR) is 101 cm³/mol. The second kappa shape index (κ2) is 7.68. The first-order valence-electron chi connectivity index (χ1n) is 8.42. The Labute approximate surface area is 156 Å². The third kappa shape index (κ3) is 4.29. The first kappa shape index (κ1) is 18.1. The third-order valence-electron chi connectivity index (χ3n) is 4.57. The number of benzene rings is 1. The maximum Gasteiger partial charge on any atom is 0.260 e. The van der Waals surface area contributed by atoms with Crippen molar-refractivity contribution in [3.8, 4) is 0 Å². The van der Waals surface area contributed by atoms with Gasteiger partial charge in [-0.25, -0.2) is 0 Å². The Morgan fingerprint density at radius 3 is 2.52 bits per heavy atom. The Morgan fingerprint density at radius 1 is 1.12 bits per heavy atom. The lowest BCUT2D eigenvalue weighted by molar-refractivity contribution is -0.114. The average molecular weight is 407 g/mol. The van der Waals surface area contributed by atoms with Crippen LogP contribution in [0.25, 0.3) is 5.57 Å². The molecule has 1 aromatic rings. The van der Waals surface area contributed by atoms with Gasteiger partial charge in [-0.2, -0.15) is 0 Å². The van der Waals surface area contributed by atoms with Gasteiger partial charge < -0.3 is 9.80 Å². The van der Waals surface area contributed by atoms with E-state index in [0.29, 0.717) is 16.7 Å². The van der Waals surface area contributed by atoms with Gasteiger partial charge in [-0.05, 0) is 32.3 Å². The highest BCUT2D eigenvalue weighted by Gasteiger charge is 2.28. The Morgan fingerprint density at radius 2 is 1.84 bits per heavy atom. The molecule has 6 nitrogen and oxygen atoms in total. The summed E-state index contributed by atoms with van der Waals surface area (Å²) in [6.45, 7) is 5.81. The fourth-order valence-electron chi connectivity index (χ4n) is 3.07. The number of carbonyl (C=O) groups excluding carboxylic acids is 2. The van der Waals surface area contributed by atoms with E-state index in [2.05, 4.69) is 50.0 Å². The minimum absolute atomic E-state index is 0.328. The normalized spacial score (nSPS) is 20.2. The number of carbonyl (C=O) groups is 2. The summed E-state index contributed by atoms with van der Waals surface area (Å²) in [5, 5.41) is 2.43. The Hall–Kier alpha value is -1.70. The van der Waals surface area contributed by atoms with E-state index in [1.165, 1.54) is 0 Å². The van der Waals surface area contributed by atoms with Crippen LogP contribution in [0.2, 0.25) is 0 Å². The number of hydrogen-bond donors (Lipinski definition) is 1. The molecule has 25 heavy (non-hydrogen) atoms. The average Bonchev–Trinajstić information content (AvgIpc) is 2.57. The van der Waals surface area contributed by atoms with E-state index in [0.717, 1.165) is 43.7 Å². The van der Waals surface area contributed by atoms with Gasteiger partial charge in [-0.15, -0.1) is 0 Å². The van der Waals surface area contributed by atoms with Gasteiger partial charge in [0.15, 0.2) is 0 Å². The number of rotatable bonds is 4. The first-order valence-corrected chi connectivity index (χ1v) is 9.22. The van der Waals surface area contributed by atoms with Crippen molar-refractivity contribution in [3.05, 3.63) is 40.0 Å². The first-order chi connectivity index (χ1) is 11.9. The minimum Gasteiger partial charge on any atom is -0.374 e. The van der Waals surface area contributed by atoms with Crippen molar-refractivity contribution in [1.29, 1.82) is 0 Å². The highest BCUT2D eigenvalue weighted by Crippen LogP contribution is 2.27. The number of halogens is 1. The maximum atomic E-state index is 12.3. The maximum absolute atomic E-state index is 12.3. The second-order valence-corrected chi connectivity index (χ2v) is 7.61. The minimum atomic E-state index is -0.335. The summed E-state index contributed by atoms with van der Waals surface area (Å²) in [7, 11) is 4.17. The van der Waals surface area contributed by atoms with Gasteiger partial charge in [0.2, 0.25) is 0 Å². The molecular formula is C18H23BrN4O2. The molecule has 3 rings (SSSR count). The molecule has 0 bridgehead atoms. The van der Waals surface area contributed by atoms with Crippen LogP contribution in [0, 0.1) is 0 Å². The summed E-state index contributed by atoms with van der Waals surface area (Å²) in [6.07, 6.45) is 1.90. The Balaban J connectivity index is 1.74. The van der Waals surface area contributed by atoms with Gasteiger partial charge in [0.25, 0.3) is 11.8 Å². The number of hydrogen-bond acceptors (Lipinski definition) is 5. The van der Waals surface area contributed by atoms with Gasteiger partial charge in [-0.1, -0.05) is 15.9 Å². The van der Waals surface area contributed by atoms with Crippen LogP contribution in [0.3, 0.4) is 0 Å². The quantitative estimate of drug-likeness (QED) is 0.602. The fourth-order valence-corrected chi connectivity index (χ4v) is 3.43. The largest absolute Gasteiger partial charge is 0.374 e. The van der Waals surface area contributed by atoms with Crippen LogP contribution in [0.15, 0.2) is 28.9 Å². The smallest absolute Gasteiger partial charge is 0.260 e. The zero-order chi connectivity index (χ0) is 18.0. The van der Waals surface area contributed by atoms with Crippen LogP contribution >= 0.6 is 15.9 Å². The zero-order valence-corrected chi connectivity index (χ0v) is 16.2. The van der Waals surface area contributed by atoms with Crippen LogP contribution < -0.4 is 5.32 Å². The lowest BCUT2D eigenvalue weighted by atomic mass is 9.95. The van der Waals surface area contributed by atoms with Crippen molar-refractivity contribution in [3.63, 3.8) is 0 Å². The van der Waals surface area contributed by atoms with Crippen molar-refractivity contribution in [2.24, 2.45) is 0 Å². The summed E-state index contributed by atoms with van der Waals surface area (Å²) in [5.74, 6) is -0.663. The number of amides is 2. The Kier molecular flexibility index (Phi) is 5.56. The van der Waals surface area contributed by atoms with Crippen molar-refractivity contribution < 1.29 is 9.59 Å². The summed E-state index contributed by atoms with van der Waals surface area (Å²) < 4.78 is 0.855. The molecule has 2 aliphatic rings. The highest BCUT2D eigenvalue weighted by molar-refractivity contribution is 9.10. The lowest BCUT2D eigenvalue weighted by Crippen LogP contribution is -2.46. The Bertz CT molecular complexity index is 709. The van der Waals surface area contributed by atoms with Gasteiger partial charge in [0.1, 0.15) is 0 Å². The van der Waals surface area contributed by atoms with Crippen LogP contribution in [0.1, 0.15) is 15.9 Å². The molecule has 2 heterocycles. The van der Waals surface area contributed by atoms with Gasteiger partial charge in [-0.3, -0.25) is 19.8 Å². The number of likely N-dealkylation sites (N-methyl/N-ethyl adjacent to an activating group) is 1. The van der Waals surface area contributed by atoms with Crippen molar-refractivity contribution in [2.45, 2.75) is 0 Å². The van der Waals surface area contributed by atoms with E-state index < -0.39 is 0 Å². The molecule has 0 aromatic heterocycles. The van der Waals surface area contributed by atoms with Crippen molar-refractivity contribution in [2.75, 3.05) is 53.4 Å². The van der Waals surface area contributed by atoms with E-state index in [9.17, 15) is 9.59 Å². The lowest BCUT2D eigenvalue weighted by Gasteiger charge is -2.35. The van der Waals surface area contributed by atoms with Crippen molar-refractivity contribution >= 4 is 33.3 Å². The monoisotopic (exact) mass is 406 g/mol. The number of imide groups is 1. The van der Waals surface area contributed by atoms with E-state index in [1.54, 1.807) is 6.07 Å². The summed E-state index contributed by atoms with van der Waals surface area (Å²) in [5.41, 5.74) is 1.79. The molecule has 0 unspecified atom stereocenters. The number of nitrogens with zero attached hydrogens (tertiary/aromatic N) is 3. The number of piperazine rings is 1. The number of fused-ring (bicyclic) bond motifs is 1. The van der Waals surface area contributed by atoms with Crippen LogP contribution in [-0.4, -0.2) is 79.9 Å². The molecule has 1 N–H and O–H groups in total. The number of nitrogens with one attached hydrogen (secondary N) is 1. The topological polar surface area (TPSA) is 55.9 Å². The van der Waals surface area contributed by atoms with E-state index >= 15 is 0 Å². The molecule has 2 amide bonds. The molecule has 1 saturated heterocycles. The van der Waals surface area contributed by atoms with Crippen LogP contribution in [-0.2, 0) is 4.79 Å². The van der Waals surface area contributed by atoms with Gasteiger partial charge >= 0.3 is 0 Å². The SMILES string of the molecule is CN(C)CCN1CCN(C=C2C(=O)NC(=O)c3ccc(Br)cc32)CC1. The zero-order valence-electron chi connectivity index (χ0n) is 14.6. The molecule has 1 fully saturated rings. The summed E-state index contributed by atoms with van der Waals surface area (Å²) in [6, 6.07) is 5.40. The molecular weight excluding hydrogens is 384 g/mol. The van der Waals surface area contributed by atoms with Gasteiger partial charge in [0.05, 0.1) is 5.57 Å². The standard InChI is InChI=1S/C18H23BrN4O2/c1-21(2)5-6-22-7-9-23(10-8-22)12-16-15-11-13(19)3-4-14(15)17(24)20-18(16)25/h3-4,11-12H,5-10H2,1-2H3,(H,20,24,25). The molecule has 0 atom stereocenters. The third-order valence-corrected chi connectivity index (χ3v) is 5.06. The van der Waals surface area contributed by atoms with E-state index in [4.69, 9.17) is 0 Å². The molecule has 0 spiro atoms. The summed E-state index contributed by atoms with van der Waals surface area (Å²) >= 11 is 3.43. The molecule has 1 aromatic carbocycles. The molecule has 2 aliphatic heterocycles. The molecule has 0 aliphatic carbocycles. The summed E-state index contributed by atoms with van der Waals surface area (Å²) in [4.78, 5) is 31.1. The predicted octanol–water partition coefficient (Wildman–Crippen LogP) is 1.24. The molecule has 7 heteroatoms. The molecule has 0 saturated carbocycles. The fraction of sp³-hybridized carbons (Fsp3) is 0.444. The van der Waals surface area contributed by atoms with Gasteiger partial charge in [0, 0.05) is 61.1 Å². The van der Waals surface area contributed by atoms with Crippen molar-refractivity contribution in [1.82, 2.24) is 20.0 Å². The van der Waals surface area contributed by atoms with E-state index in [1.807, 2.05) is 18.3 Å². The van der Waals surface area contributed by atoms with Crippen LogP contribution in [0.5, 0.6) is 0 Å². The highest BCUT2D eigenvalue weighted by atomic mass is 79.9. The molecule has 134 valence electrons. The van der Waals surface area contributed by atoms with E-state index in [-0.39, 0.29) is 11.8 Å². The van der Waals surface area contributed by atoms with Crippen LogP contribution in [0.4, 0.5) is 0 Å².